The second-order valence-corrected chi connectivity index (χ2v) is 5.19. The quantitative estimate of drug-likeness (QED) is 0.768. The minimum Gasteiger partial charge on any atom is -0.322 e. The van der Waals surface area contributed by atoms with Crippen LogP contribution in [0.4, 0.5) is 10.1 Å². The lowest BCUT2D eigenvalue weighted by atomic mass is 10.2. The highest BCUT2D eigenvalue weighted by Gasteiger charge is 2.11. The first-order chi connectivity index (χ1) is 10.1. The largest absolute Gasteiger partial charge is 0.322 e. The van der Waals surface area contributed by atoms with Crippen LogP contribution in [0.3, 0.4) is 0 Å². The predicted octanol–water partition coefficient (Wildman–Crippen LogP) is 3.78. The van der Waals surface area contributed by atoms with E-state index in [1.54, 1.807) is 30.6 Å². The Balaban J connectivity index is 1.90. The molecule has 104 valence electrons. The van der Waals surface area contributed by atoms with Gasteiger partial charge in [-0.2, -0.15) is 0 Å². The van der Waals surface area contributed by atoms with Gasteiger partial charge in [0.2, 0.25) is 0 Å². The summed E-state index contributed by atoms with van der Waals surface area (Å²) < 4.78 is 13.8. The van der Waals surface area contributed by atoms with Gasteiger partial charge in [-0.15, -0.1) is 0 Å². The highest BCUT2D eigenvalue weighted by molar-refractivity contribution is 9.10. The van der Waals surface area contributed by atoms with Crippen LogP contribution in [0.25, 0.3) is 11.0 Å². The van der Waals surface area contributed by atoms with Gasteiger partial charge < -0.3 is 5.32 Å². The van der Waals surface area contributed by atoms with E-state index < -0.39 is 11.7 Å². The summed E-state index contributed by atoms with van der Waals surface area (Å²) in [6.07, 6.45) is 3.18. The van der Waals surface area contributed by atoms with Crippen LogP contribution >= 0.6 is 15.9 Å². The number of halogens is 2. The van der Waals surface area contributed by atoms with E-state index in [0.717, 1.165) is 5.52 Å². The molecule has 0 saturated carbocycles. The lowest BCUT2D eigenvalue weighted by Gasteiger charge is -2.07. The zero-order chi connectivity index (χ0) is 14.8. The van der Waals surface area contributed by atoms with Crippen LogP contribution in [0, 0.1) is 5.82 Å². The van der Waals surface area contributed by atoms with Crippen molar-refractivity contribution in [2.75, 3.05) is 5.32 Å². The van der Waals surface area contributed by atoms with E-state index >= 15 is 0 Å². The van der Waals surface area contributed by atoms with Gasteiger partial charge in [0, 0.05) is 22.6 Å². The molecule has 2 aromatic carbocycles. The van der Waals surface area contributed by atoms with E-state index in [-0.39, 0.29) is 5.56 Å². The first-order valence-corrected chi connectivity index (χ1v) is 6.90. The number of hydrogen-bond donors (Lipinski definition) is 1. The molecule has 0 bridgehead atoms. The zero-order valence-electron chi connectivity index (χ0n) is 10.7. The SMILES string of the molecule is O=C(Nc1ccc2nccnc2c1)c1cc(F)ccc1Br. The van der Waals surface area contributed by atoms with Gasteiger partial charge >= 0.3 is 0 Å². The van der Waals surface area contributed by atoms with Gasteiger partial charge in [-0.3, -0.25) is 14.8 Å². The molecule has 1 heterocycles. The molecule has 0 unspecified atom stereocenters. The molecule has 0 fully saturated rings. The smallest absolute Gasteiger partial charge is 0.256 e. The third-order valence-corrected chi connectivity index (χ3v) is 3.59. The van der Waals surface area contributed by atoms with Crippen molar-refractivity contribution < 1.29 is 9.18 Å². The fourth-order valence-corrected chi connectivity index (χ4v) is 2.34. The Hall–Kier alpha value is -2.34. The third-order valence-electron chi connectivity index (χ3n) is 2.90. The van der Waals surface area contributed by atoms with E-state index in [9.17, 15) is 9.18 Å². The number of aromatic nitrogens is 2. The summed E-state index contributed by atoms with van der Waals surface area (Å²) in [5.41, 5.74) is 2.22. The standard InChI is InChI=1S/C15H9BrFN3O/c16-12-3-1-9(17)7-11(12)15(21)20-10-2-4-13-14(8-10)19-6-5-18-13/h1-8H,(H,20,21). The number of amides is 1. The molecule has 1 N–H and O–H groups in total. The van der Waals surface area contributed by atoms with Crippen molar-refractivity contribution in [1.82, 2.24) is 9.97 Å². The number of nitrogens with one attached hydrogen (secondary N) is 1. The van der Waals surface area contributed by atoms with E-state index in [4.69, 9.17) is 0 Å². The molecule has 1 amide bonds. The van der Waals surface area contributed by atoms with Crippen LogP contribution in [0.1, 0.15) is 10.4 Å². The topological polar surface area (TPSA) is 54.9 Å². The number of hydrogen-bond acceptors (Lipinski definition) is 3. The Morgan fingerprint density at radius 3 is 2.62 bits per heavy atom. The van der Waals surface area contributed by atoms with Crippen molar-refractivity contribution in [3.8, 4) is 0 Å². The summed E-state index contributed by atoms with van der Waals surface area (Å²) in [5, 5.41) is 2.72. The third kappa shape index (κ3) is 2.90. The van der Waals surface area contributed by atoms with Gasteiger partial charge in [0.05, 0.1) is 16.6 Å². The van der Waals surface area contributed by atoms with Crippen molar-refractivity contribution >= 4 is 38.6 Å². The number of carbonyl (C=O) groups excluding carboxylic acids is 1. The van der Waals surface area contributed by atoms with Gasteiger partial charge in [-0.25, -0.2) is 4.39 Å². The molecule has 0 aliphatic carbocycles. The molecule has 0 atom stereocenters. The Bertz CT molecular complexity index is 838. The molecule has 0 spiro atoms. The number of nitrogens with zero attached hydrogens (tertiary/aromatic N) is 2. The molecule has 0 radical (unpaired) electrons. The average Bonchev–Trinajstić information content (AvgIpc) is 2.49. The van der Waals surface area contributed by atoms with Crippen molar-refractivity contribution in [2.24, 2.45) is 0 Å². The van der Waals surface area contributed by atoms with Gasteiger partial charge in [0.15, 0.2) is 0 Å². The maximum Gasteiger partial charge on any atom is 0.256 e. The fraction of sp³-hybridized carbons (Fsp3) is 0. The maximum absolute atomic E-state index is 13.2. The van der Waals surface area contributed by atoms with Gasteiger partial charge in [0.1, 0.15) is 5.82 Å². The molecule has 1 aromatic heterocycles. The van der Waals surface area contributed by atoms with Crippen LogP contribution in [0.2, 0.25) is 0 Å². The molecule has 4 nitrogen and oxygen atoms in total. The summed E-state index contributed by atoms with van der Waals surface area (Å²) >= 11 is 3.23. The van der Waals surface area contributed by atoms with E-state index in [2.05, 4.69) is 31.2 Å². The maximum atomic E-state index is 13.2. The zero-order valence-corrected chi connectivity index (χ0v) is 12.3. The van der Waals surface area contributed by atoms with Gasteiger partial charge in [-0.1, -0.05) is 0 Å². The summed E-state index contributed by atoms with van der Waals surface area (Å²) in [6, 6.07) is 9.16. The van der Waals surface area contributed by atoms with E-state index in [0.29, 0.717) is 15.7 Å². The molecular weight excluding hydrogens is 337 g/mol. The summed E-state index contributed by atoms with van der Waals surface area (Å²) in [5.74, 6) is -0.864. The van der Waals surface area contributed by atoms with Crippen LogP contribution in [0.15, 0.2) is 53.3 Å². The predicted molar refractivity (Wildman–Crippen MR) is 81.6 cm³/mol. The highest BCUT2D eigenvalue weighted by atomic mass is 79.9. The number of fused-ring (bicyclic) bond motifs is 1. The van der Waals surface area contributed by atoms with Crippen molar-refractivity contribution in [2.45, 2.75) is 0 Å². The first kappa shape index (κ1) is 13.6. The van der Waals surface area contributed by atoms with E-state index in [1.807, 2.05) is 0 Å². The minimum absolute atomic E-state index is 0.231. The second-order valence-electron chi connectivity index (χ2n) is 4.34. The Morgan fingerprint density at radius 1 is 1.05 bits per heavy atom. The van der Waals surface area contributed by atoms with Gasteiger partial charge in [-0.05, 0) is 52.3 Å². The lowest BCUT2D eigenvalue weighted by molar-refractivity contribution is 0.102. The van der Waals surface area contributed by atoms with Crippen LogP contribution in [-0.4, -0.2) is 15.9 Å². The van der Waals surface area contributed by atoms with Gasteiger partial charge in [0.25, 0.3) is 5.91 Å². The van der Waals surface area contributed by atoms with Crippen molar-refractivity contribution in [1.29, 1.82) is 0 Å². The molecule has 3 aromatic rings. The summed E-state index contributed by atoms with van der Waals surface area (Å²) in [4.78, 5) is 20.5. The van der Waals surface area contributed by atoms with Crippen LogP contribution < -0.4 is 5.32 Å². The van der Waals surface area contributed by atoms with Crippen molar-refractivity contribution in [3.05, 3.63) is 64.6 Å². The first-order valence-electron chi connectivity index (χ1n) is 6.11. The molecular formula is C15H9BrFN3O. The Labute approximate surface area is 128 Å². The van der Waals surface area contributed by atoms with Crippen LogP contribution in [0.5, 0.6) is 0 Å². The molecule has 3 rings (SSSR count). The molecule has 0 saturated heterocycles. The highest BCUT2D eigenvalue weighted by Crippen LogP contribution is 2.20. The minimum atomic E-state index is -0.465. The fourth-order valence-electron chi connectivity index (χ4n) is 1.91. The number of benzene rings is 2. The number of rotatable bonds is 2. The second kappa shape index (κ2) is 5.57. The summed E-state index contributed by atoms with van der Waals surface area (Å²) in [6.45, 7) is 0. The monoisotopic (exact) mass is 345 g/mol. The number of carbonyl (C=O) groups is 1. The van der Waals surface area contributed by atoms with Crippen molar-refractivity contribution in [3.63, 3.8) is 0 Å². The average molecular weight is 346 g/mol. The molecule has 0 aliphatic rings. The summed E-state index contributed by atoms with van der Waals surface area (Å²) in [7, 11) is 0. The Kier molecular flexibility index (Phi) is 3.62. The van der Waals surface area contributed by atoms with E-state index in [1.165, 1.54) is 18.2 Å². The molecule has 21 heavy (non-hydrogen) atoms. The molecule has 6 heteroatoms. The normalized spacial score (nSPS) is 10.6. The Morgan fingerprint density at radius 2 is 1.81 bits per heavy atom. The number of anilines is 1. The lowest BCUT2D eigenvalue weighted by Crippen LogP contribution is -2.12. The molecule has 0 aliphatic heterocycles. The van der Waals surface area contributed by atoms with Crippen LogP contribution in [-0.2, 0) is 0 Å².